The lowest BCUT2D eigenvalue weighted by Crippen LogP contribution is -2.31. The van der Waals surface area contributed by atoms with Gasteiger partial charge in [-0.25, -0.2) is 4.68 Å². The van der Waals surface area contributed by atoms with Gasteiger partial charge in [0.2, 0.25) is 5.43 Å². The Morgan fingerprint density at radius 2 is 1.83 bits per heavy atom. The first-order chi connectivity index (χ1) is 14.4. The number of carbonyl (C=O) groups is 1. The van der Waals surface area contributed by atoms with Gasteiger partial charge in [0.25, 0.3) is 11.6 Å². The lowest BCUT2D eigenvalue weighted by Gasteiger charge is -2.11. The Balaban J connectivity index is 1.86. The molecule has 2 aromatic carbocycles. The molecule has 3 rings (SSSR count). The summed E-state index contributed by atoms with van der Waals surface area (Å²) in [6.07, 6.45) is 0. The minimum absolute atomic E-state index is 0.169. The standard InChI is InChI=1S/C21H20N4O5/c1-14-11-19(26)20(23-24(14)17-5-3-4-6-18(17)25(28)29)21(27)22-12-15-7-9-16(10-8-15)13-30-2/h3-11H,12-13H2,1-2H3,(H,22,27). The predicted octanol–water partition coefficient (Wildman–Crippen LogP) is 2.53. The largest absolute Gasteiger partial charge is 0.380 e. The van der Waals surface area contributed by atoms with Gasteiger partial charge in [-0.2, -0.15) is 5.10 Å². The maximum atomic E-state index is 12.6. The van der Waals surface area contributed by atoms with Crippen LogP contribution in [0.5, 0.6) is 0 Å². The maximum absolute atomic E-state index is 12.6. The van der Waals surface area contributed by atoms with Gasteiger partial charge in [-0.3, -0.25) is 19.7 Å². The van der Waals surface area contributed by atoms with Crippen molar-refractivity contribution in [1.82, 2.24) is 15.1 Å². The maximum Gasteiger partial charge on any atom is 0.294 e. The van der Waals surface area contributed by atoms with Crippen LogP contribution in [-0.4, -0.2) is 27.7 Å². The number of nitro groups is 1. The van der Waals surface area contributed by atoms with E-state index >= 15 is 0 Å². The Morgan fingerprint density at radius 3 is 2.50 bits per heavy atom. The zero-order valence-corrected chi connectivity index (χ0v) is 16.5. The van der Waals surface area contributed by atoms with Crippen LogP contribution in [0.25, 0.3) is 5.69 Å². The molecular weight excluding hydrogens is 388 g/mol. The molecular formula is C21H20N4O5. The fraction of sp³-hybridized carbons (Fsp3) is 0.190. The van der Waals surface area contributed by atoms with Gasteiger partial charge in [0.05, 0.1) is 11.5 Å². The van der Waals surface area contributed by atoms with Crippen LogP contribution in [0.2, 0.25) is 0 Å². The van der Waals surface area contributed by atoms with E-state index in [1.54, 1.807) is 20.1 Å². The van der Waals surface area contributed by atoms with Crippen molar-refractivity contribution in [2.75, 3.05) is 7.11 Å². The molecule has 30 heavy (non-hydrogen) atoms. The molecule has 0 fully saturated rings. The first-order valence-corrected chi connectivity index (χ1v) is 9.10. The summed E-state index contributed by atoms with van der Waals surface area (Å²) in [4.78, 5) is 35.7. The monoisotopic (exact) mass is 408 g/mol. The number of rotatable bonds is 7. The van der Waals surface area contributed by atoms with E-state index in [1.165, 1.54) is 28.9 Å². The summed E-state index contributed by atoms with van der Waals surface area (Å²) in [6, 6.07) is 14.7. The van der Waals surface area contributed by atoms with Crippen molar-refractivity contribution >= 4 is 11.6 Å². The van der Waals surface area contributed by atoms with Crippen LogP contribution in [0.1, 0.15) is 27.3 Å². The molecule has 1 N–H and O–H groups in total. The molecule has 0 aliphatic heterocycles. The fourth-order valence-electron chi connectivity index (χ4n) is 2.93. The predicted molar refractivity (Wildman–Crippen MR) is 110 cm³/mol. The lowest BCUT2D eigenvalue weighted by atomic mass is 10.1. The van der Waals surface area contributed by atoms with E-state index in [9.17, 15) is 19.7 Å². The van der Waals surface area contributed by atoms with Crippen molar-refractivity contribution in [2.45, 2.75) is 20.1 Å². The third-order valence-corrected chi connectivity index (χ3v) is 4.42. The molecule has 0 bridgehead atoms. The van der Waals surface area contributed by atoms with Crippen LogP contribution < -0.4 is 10.7 Å². The Kier molecular flexibility index (Phi) is 6.33. The number of carbonyl (C=O) groups excluding carboxylic acids is 1. The summed E-state index contributed by atoms with van der Waals surface area (Å²) < 4.78 is 6.29. The van der Waals surface area contributed by atoms with E-state index in [-0.39, 0.29) is 23.6 Å². The fourth-order valence-corrected chi connectivity index (χ4v) is 2.93. The van der Waals surface area contributed by atoms with Gasteiger partial charge in [0, 0.05) is 31.5 Å². The molecule has 0 radical (unpaired) electrons. The topological polar surface area (TPSA) is 116 Å². The number of aryl methyl sites for hydroxylation is 1. The first kappa shape index (κ1) is 20.9. The van der Waals surface area contributed by atoms with E-state index < -0.39 is 16.3 Å². The Bertz CT molecular complexity index is 1140. The number of nitro benzene ring substituents is 1. The molecule has 0 spiro atoms. The number of hydrogen-bond donors (Lipinski definition) is 1. The highest BCUT2D eigenvalue weighted by Gasteiger charge is 2.20. The van der Waals surface area contributed by atoms with Crippen LogP contribution in [0.4, 0.5) is 5.69 Å². The van der Waals surface area contributed by atoms with Gasteiger partial charge in [-0.05, 0) is 24.1 Å². The molecule has 9 heteroatoms. The number of ether oxygens (including phenoxy) is 1. The molecule has 1 aromatic heterocycles. The number of para-hydroxylation sites is 2. The van der Waals surface area contributed by atoms with Crippen LogP contribution >= 0.6 is 0 Å². The minimum atomic E-state index is -0.659. The van der Waals surface area contributed by atoms with Crippen molar-refractivity contribution in [1.29, 1.82) is 0 Å². The number of nitrogens with one attached hydrogen (secondary N) is 1. The van der Waals surface area contributed by atoms with Gasteiger partial charge in [-0.1, -0.05) is 36.4 Å². The van der Waals surface area contributed by atoms with Gasteiger partial charge in [0.1, 0.15) is 5.69 Å². The molecule has 154 valence electrons. The first-order valence-electron chi connectivity index (χ1n) is 9.10. The van der Waals surface area contributed by atoms with Crippen LogP contribution in [0.3, 0.4) is 0 Å². The highest BCUT2D eigenvalue weighted by Crippen LogP contribution is 2.22. The summed E-state index contributed by atoms with van der Waals surface area (Å²) in [5, 5.41) is 18.1. The van der Waals surface area contributed by atoms with E-state index in [1.807, 2.05) is 24.3 Å². The summed E-state index contributed by atoms with van der Waals surface area (Å²) in [7, 11) is 1.61. The molecule has 0 saturated carbocycles. The normalized spacial score (nSPS) is 10.6. The van der Waals surface area contributed by atoms with Gasteiger partial charge < -0.3 is 10.1 Å². The van der Waals surface area contributed by atoms with E-state index in [0.29, 0.717) is 12.3 Å². The van der Waals surface area contributed by atoms with Gasteiger partial charge in [0.15, 0.2) is 5.69 Å². The van der Waals surface area contributed by atoms with Crippen LogP contribution in [-0.2, 0) is 17.9 Å². The van der Waals surface area contributed by atoms with Gasteiger partial charge >= 0.3 is 0 Å². The van der Waals surface area contributed by atoms with Crippen molar-refractivity contribution in [3.63, 3.8) is 0 Å². The highest BCUT2D eigenvalue weighted by atomic mass is 16.6. The number of benzene rings is 2. The Morgan fingerprint density at radius 1 is 1.17 bits per heavy atom. The number of aromatic nitrogens is 2. The molecule has 0 aliphatic carbocycles. The molecule has 9 nitrogen and oxygen atoms in total. The number of methoxy groups -OCH3 is 1. The second-order valence-corrected chi connectivity index (χ2v) is 6.59. The summed E-state index contributed by atoms with van der Waals surface area (Å²) >= 11 is 0. The summed E-state index contributed by atoms with van der Waals surface area (Å²) in [5.41, 5.74) is 1.31. The van der Waals surface area contributed by atoms with E-state index in [2.05, 4.69) is 10.4 Å². The minimum Gasteiger partial charge on any atom is -0.380 e. The summed E-state index contributed by atoms with van der Waals surface area (Å²) in [6.45, 7) is 2.28. The summed E-state index contributed by atoms with van der Waals surface area (Å²) in [5.74, 6) is -0.659. The highest BCUT2D eigenvalue weighted by molar-refractivity contribution is 5.92. The molecule has 3 aromatic rings. The Hall–Kier alpha value is -3.85. The molecule has 0 atom stereocenters. The van der Waals surface area contributed by atoms with Gasteiger partial charge in [-0.15, -0.1) is 0 Å². The number of hydrogen-bond acceptors (Lipinski definition) is 6. The zero-order valence-electron chi connectivity index (χ0n) is 16.5. The zero-order chi connectivity index (χ0) is 21.7. The van der Waals surface area contributed by atoms with Crippen LogP contribution in [0.15, 0.2) is 59.4 Å². The average Bonchev–Trinajstić information content (AvgIpc) is 2.73. The second kappa shape index (κ2) is 9.10. The average molecular weight is 408 g/mol. The smallest absolute Gasteiger partial charge is 0.294 e. The third kappa shape index (κ3) is 4.58. The van der Waals surface area contributed by atoms with Crippen molar-refractivity contribution in [3.8, 4) is 5.69 Å². The molecule has 0 unspecified atom stereocenters. The number of amides is 1. The van der Waals surface area contributed by atoms with Crippen molar-refractivity contribution in [3.05, 3.63) is 97.4 Å². The quantitative estimate of drug-likeness (QED) is 0.474. The Labute approximate surface area is 172 Å². The lowest BCUT2D eigenvalue weighted by molar-refractivity contribution is -0.384. The number of nitrogens with zero attached hydrogens (tertiary/aromatic N) is 3. The van der Waals surface area contributed by atoms with E-state index in [0.717, 1.165) is 11.1 Å². The van der Waals surface area contributed by atoms with Crippen LogP contribution in [0, 0.1) is 17.0 Å². The molecule has 1 heterocycles. The third-order valence-electron chi connectivity index (χ3n) is 4.42. The van der Waals surface area contributed by atoms with Crippen molar-refractivity contribution < 1.29 is 14.5 Å². The second-order valence-electron chi connectivity index (χ2n) is 6.59. The molecule has 0 saturated heterocycles. The SMILES string of the molecule is COCc1ccc(CNC(=O)c2nn(-c3ccccc3[N+](=O)[O-])c(C)cc2=O)cc1. The van der Waals surface area contributed by atoms with E-state index in [4.69, 9.17) is 4.74 Å². The molecule has 1 amide bonds. The molecule has 0 aliphatic rings. The van der Waals surface area contributed by atoms with Crippen molar-refractivity contribution in [2.24, 2.45) is 0 Å².